The highest BCUT2D eigenvalue weighted by atomic mass is 16.5. The number of hydrogen-bond donors (Lipinski definition) is 1. The normalized spacial score (nSPS) is 10.0. The Hall–Kier alpha value is -2.49. The molecular formula is C17H20N2O2. The van der Waals surface area contributed by atoms with E-state index in [9.17, 15) is 4.79 Å². The lowest BCUT2D eigenvalue weighted by atomic mass is 10.1. The van der Waals surface area contributed by atoms with Gasteiger partial charge in [0, 0.05) is 31.9 Å². The lowest BCUT2D eigenvalue weighted by Gasteiger charge is -2.17. The van der Waals surface area contributed by atoms with Crippen LogP contribution < -0.4 is 10.1 Å². The third kappa shape index (κ3) is 3.75. The van der Waals surface area contributed by atoms with Crippen LogP contribution in [-0.4, -0.2) is 32.0 Å². The summed E-state index contributed by atoms with van der Waals surface area (Å²) >= 11 is 0. The maximum atomic E-state index is 12.4. The topological polar surface area (TPSA) is 41.6 Å². The molecule has 21 heavy (non-hydrogen) atoms. The van der Waals surface area contributed by atoms with E-state index in [2.05, 4.69) is 5.32 Å². The first-order valence-electron chi connectivity index (χ1n) is 6.80. The monoisotopic (exact) mass is 284 g/mol. The van der Waals surface area contributed by atoms with E-state index in [1.807, 2.05) is 55.6 Å². The van der Waals surface area contributed by atoms with E-state index in [-0.39, 0.29) is 5.91 Å². The molecule has 0 aliphatic rings. The molecule has 0 saturated heterocycles. The van der Waals surface area contributed by atoms with Gasteiger partial charge < -0.3 is 15.0 Å². The van der Waals surface area contributed by atoms with E-state index in [0.29, 0.717) is 12.1 Å². The smallest absolute Gasteiger partial charge is 0.253 e. The van der Waals surface area contributed by atoms with Crippen molar-refractivity contribution < 1.29 is 9.53 Å². The highest BCUT2D eigenvalue weighted by molar-refractivity contribution is 5.94. The average molecular weight is 284 g/mol. The predicted octanol–water partition coefficient (Wildman–Crippen LogP) is 3.01. The van der Waals surface area contributed by atoms with Gasteiger partial charge in [-0.3, -0.25) is 4.79 Å². The van der Waals surface area contributed by atoms with Crippen molar-refractivity contribution in [3.8, 4) is 5.75 Å². The molecule has 4 nitrogen and oxygen atoms in total. The third-order valence-corrected chi connectivity index (χ3v) is 3.35. The molecule has 0 fully saturated rings. The second-order valence-electron chi connectivity index (χ2n) is 4.84. The van der Waals surface area contributed by atoms with E-state index in [4.69, 9.17) is 4.74 Å². The number of hydrogen-bond acceptors (Lipinski definition) is 3. The molecule has 0 radical (unpaired) electrons. The van der Waals surface area contributed by atoms with Crippen molar-refractivity contribution in [2.75, 3.05) is 26.5 Å². The lowest BCUT2D eigenvalue weighted by Crippen LogP contribution is -2.26. The molecule has 1 N–H and O–H groups in total. The molecule has 0 heterocycles. The molecular weight excluding hydrogens is 264 g/mol. The number of ether oxygens (including phenoxy) is 1. The fourth-order valence-corrected chi connectivity index (χ4v) is 2.08. The van der Waals surface area contributed by atoms with Crippen LogP contribution in [0.1, 0.15) is 15.9 Å². The molecule has 2 aromatic carbocycles. The van der Waals surface area contributed by atoms with Gasteiger partial charge in [-0.15, -0.1) is 0 Å². The Bertz CT molecular complexity index is 591. The Morgan fingerprint density at radius 2 is 1.71 bits per heavy atom. The van der Waals surface area contributed by atoms with Crippen LogP contribution >= 0.6 is 0 Å². The van der Waals surface area contributed by atoms with Gasteiger partial charge in [0.05, 0.1) is 7.11 Å². The summed E-state index contributed by atoms with van der Waals surface area (Å²) in [5, 5.41) is 3.04. The number of carbonyl (C=O) groups is 1. The maximum Gasteiger partial charge on any atom is 0.253 e. The van der Waals surface area contributed by atoms with Gasteiger partial charge in [0.2, 0.25) is 0 Å². The molecule has 2 rings (SSSR count). The number of nitrogens with zero attached hydrogens (tertiary/aromatic N) is 1. The molecule has 0 spiro atoms. The highest BCUT2D eigenvalue weighted by Gasteiger charge is 2.11. The van der Waals surface area contributed by atoms with Crippen LogP contribution in [0.25, 0.3) is 0 Å². The van der Waals surface area contributed by atoms with Crippen molar-refractivity contribution in [1.29, 1.82) is 0 Å². The van der Waals surface area contributed by atoms with Crippen LogP contribution in [0.4, 0.5) is 5.69 Å². The lowest BCUT2D eigenvalue weighted by molar-refractivity contribution is 0.0785. The van der Waals surface area contributed by atoms with Crippen LogP contribution in [0.15, 0.2) is 48.5 Å². The number of benzene rings is 2. The van der Waals surface area contributed by atoms with Crippen molar-refractivity contribution >= 4 is 11.6 Å². The summed E-state index contributed by atoms with van der Waals surface area (Å²) < 4.78 is 5.13. The molecule has 0 unspecified atom stereocenters. The molecule has 0 atom stereocenters. The van der Waals surface area contributed by atoms with Crippen molar-refractivity contribution in [3.05, 3.63) is 59.7 Å². The molecule has 0 bridgehead atoms. The molecule has 2 aromatic rings. The summed E-state index contributed by atoms with van der Waals surface area (Å²) in [4.78, 5) is 14.1. The number of carbonyl (C=O) groups excluding carboxylic acids is 1. The molecule has 110 valence electrons. The van der Waals surface area contributed by atoms with Crippen molar-refractivity contribution in [3.63, 3.8) is 0 Å². The third-order valence-electron chi connectivity index (χ3n) is 3.35. The minimum absolute atomic E-state index is 0.00784. The molecule has 0 aliphatic heterocycles. The van der Waals surface area contributed by atoms with Crippen molar-refractivity contribution in [1.82, 2.24) is 4.90 Å². The maximum absolute atomic E-state index is 12.4. The number of methoxy groups -OCH3 is 1. The molecule has 0 aromatic heterocycles. The van der Waals surface area contributed by atoms with Gasteiger partial charge in [-0.05, 0) is 42.0 Å². The highest BCUT2D eigenvalue weighted by Crippen LogP contribution is 2.15. The second-order valence-corrected chi connectivity index (χ2v) is 4.84. The Labute approximate surface area is 125 Å². The fraction of sp³-hybridized carbons (Fsp3) is 0.235. The fourth-order valence-electron chi connectivity index (χ4n) is 2.08. The average Bonchev–Trinajstić information content (AvgIpc) is 2.55. The molecule has 1 amide bonds. The zero-order chi connectivity index (χ0) is 15.2. The van der Waals surface area contributed by atoms with E-state index >= 15 is 0 Å². The Kier molecular flexibility index (Phi) is 4.82. The minimum Gasteiger partial charge on any atom is -0.497 e. The van der Waals surface area contributed by atoms with E-state index in [1.165, 1.54) is 0 Å². The quantitative estimate of drug-likeness (QED) is 0.917. The van der Waals surface area contributed by atoms with Crippen LogP contribution in [0, 0.1) is 0 Å². The van der Waals surface area contributed by atoms with Gasteiger partial charge in [-0.2, -0.15) is 0 Å². The Morgan fingerprint density at radius 1 is 1.10 bits per heavy atom. The van der Waals surface area contributed by atoms with Gasteiger partial charge in [-0.25, -0.2) is 0 Å². The molecule has 0 saturated carbocycles. The summed E-state index contributed by atoms with van der Waals surface area (Å²) in [5.41, 5.74) is 2.74. The SMILES string of the molecule is CNc1ccc(C(=O)N(C)Cc2ccc(OC)cc2)cc1. The zero-order valence-corrected chi connectivity index (χ0v) is 12.6. The van der Waals surface area contributed by atoms with Gasteiger partial charge in [0.1, 0.15) is 5.75 Å². The van der Waals surface area contributed by atoms with Crippen molar-refractivity contribution in [2.24, 2.45) is 0 Å². The van der Waals surface area contributed by atoms with E-state index in [0.717, 1.165) is 17.0 Å². The Balaban J connectivity index is 2.03. The number of nitrogens with one attached hydrogen (secondary N) is 1. The van der Waals surface area contributed by atoms with Gasteiger partial charge >= 0.3 is 0 Å². The summed E-state index contributed by atoms with van der Waals surface area (Å²) in [6, 6.07) is 15.2. The van der Waals surface area contributed by atoms with E-state index < -0.39 is 0 Å². The second kappa shape index (κ2) is 6.79. The van der Waals surface area contributed by atoms with Gasteiger partial charge in [0.15, 0.2) is 0 Å². The number of amides is 1. The Morgan fingerprint density at radius 3 is 2.24 bits per heavy atom. The standard InChI is InChI=1S/C17H20N2O2/c1-18-15-8-6-14(7-9-15)17(20)19(2)12-13-4-10-16(21-3)11-5-13/h4-11,18H,12H2,1-3H3. The van der Waals surface area contributed by atoms with Gasteiger partial charge in [-0.1, -0.05) is 12.1 Å². The zero-order valence-electron chi connectivity index (χ0n) is 12.6. The number of anilines is 1. The van der Waals surface area contributed by atoms with Crippen LogP contribution in [0.3, 0.4) is 0 Å². The predicted molar refractivity (Wildman–Crippen MR) is 84.8 cm³/mol. The summed E-state index contributed by atoms with van der Waals surface area (Å²) in [7, 11) is 5.30. The van der Waals surface area contributed by atoms with E-state index in [1.54, 1.807) is 19.1 Å². The minimum atomic E-state index is 0.00784. The first-order valence-corrected chi connectivity index (χ1v) is 6.80. The first-order chi connectivity index (χ1) is 10.1. The summed E-state index contributed by atoms with van der Waals surface area (Å²) in [6.07, 6.45) is 0. The van der Waals surface area contributed by atoms with Gasteiger partial charge in [0.25, 0.3) is 5.91 Å². The largest absolute Gasteiger partial charge is 0.497 e. The van der Waals surface area contributed by atoms with Crippen LogP contribution in [0.2, 0.25) is 0 Å². The first kappa shape index (κ1) is 14.9. The molecule has 0 aliphatic carbocycles. The van der Waals surface area contributed by atoms with Crippen LogP contribution in [-0.2, 0) is 6.54 Å². The summed E-state index contributed by atoms with van der Waals surface area (Å²) in [5.74, 6) is 0.823. The number of rotatable bonds is 5. The molecule has 4 heteroatoms. The summed E-state index contributed by atoms with van der Waals surface area (Å²) in [6.45, 7) is 0.566. The van der Waals surface area contributed by atoms with Crippen LogP contribution in [0.5, 0.6) is 5.75 Å². The van der Waals surface area contributed by atoms with Crippen molar-refractivity contribution in [2.45, 2.75) is 6.54 Å².